The van der Waals surface area contributed by atoms with Gasteiger partial charge < -0.3 is 14.5 Å². The van der Waals surface area contributed by atoms with Crippen LogP contribution < -0.4 is 4.90 Å². The van der Waals surface area contributed by atoms with Crippen LogP contribution in [0, 0.1) is 10.1 Å². The number of likely N-dealkylation sites (N-methyl/N-ethyl adjacent to an activating group) is 1. The second kappa shape index (κ2) is 7.12. The van der Waals surface area contributed by atoms with Crippen molar-refractivity contribution in [2.45, 2.75) is 12.3 Å². The highest BCUT2D eigenvalue weighted by Gasteiger charge is 2.37. The second-order valence-electron chi connectivity index (χ2n) is 5.78. The van der Waals surface area contributed by atoms with Crippen LogP contribution in [0.25, 0.3) is 0 Å². The fourth-order valence-electron chi connectivity index (χ4n) is 2.62. The Morgan fingerprint density at radius 2 is 2.12 bits per heavy atom. The minimum atomic E-state index is -4.75. The van der Waals surface area contributed by atoms with Crippen LogP contribution in [0.1, 0.15) is 5.56 Å². The number of hydrogen-bond donors (Lipinski definition) is 0. The summed E-state index contributed by atoms with van der Waals surface area (Å²) in [5, 5.41) is 10.7. The quantitative estimate of drug-likeness (QED) is 0.604. The molecule has 0 aliphatic carbocycles. The molecule has 1 aliphatic heterocycles. The van der Waals surface area contributed by atoms with Gasteiger partial charge >= 0.3 is 6.18 Å². The molecule has 10 heteroatoms. The lowest BCUT2D eigenvalue weighted by Crippen LogP contribution is -2.46. The number of benzene rings is 1. The number of rotatable bonds is 4. The van der Waals surface area contributed by atoms with Gasteiger partial charge in [0.1, 0.15) is 5.69 Å². The molecule has 0 radical (unpaired) electrons. The average molecular weight is 368 g/mol. The maximum absolute atomic E-state index is 12.9. The van der Waals surface area contributed by atoms with Crippen molar-refractivity contribution in [1.29, 1.82) is 0 Å². The van der Waals surface area contributed by atoms with Crippen molar-refractivity contribution in [1.82, 2.24) is 4.90 Å². The summed E-state index contributed by atoms with van der Waals surface area (Å²) in [6.07, 6.45) is -4.95. The van der Waals surface area contributed by atoms with Crippen LogP contribution in [-0.2, 0) is 10.9 Å². The third kappa shape index (κ3) is 4.28. The molecule has 2 rings (SSSR count). The van der Waals surface area contributed by atoms with Crippen LogP contribution >= 0.6 is 11.6 Å². The number of ether oxygens (including phenoxy) is 1. The van der Waals surface area contributed by atoms with E-state index in [4.69, 9.17) is 16.3 Å². The molecule has 1 saturated heterocycles. The van der Waals surface area contributed by atoms with Gasteiger partial charge in [-0.05, 0) is 20.2 Å². The Bertz CT molecular complexity index is 625. The van der Waals surface area contributed by atoms with E-state index < -0.39 is 27.4 Å². The number of halogens is 4. The van der Waals surface area contributed by atoms with E-state index in [1.807, 2.05) is 19.0 Å². The normalized spacial score (nSPS) is 19.0. The molecule has 0 bridgehead atoms. The molecule has 0 N–H and O–H groups in total. The smallest absolute Gasteiger partial charge is 0.373 e. The van der Waals surface area contributed by atoms with Gasteiger partial charge in [0.2, 0.25) is 0 Å². The van der Waals surface area contributed by atoms with Gasteiger partial charge in [-0.25, -0.2) is 0 Å². The zero-order valence-electron chi connectivity index (χ0n) is 13.1. The molecule has 6 nitrogen and oxygen atoms in total. The molecule has 0 saturated carbocycles. The van der Waals surface area contributed by atoms with E-state index >= 15 is 0 Å². The van der Waals surface area contributed by atoms with Crippen molar-refractivity contribution < 1.29 is 22.8 Å². The van der Waals surface area contributed by atoms with Crippen molar-refractivity contribution in [3.8, 4) is 0 Å². The second-order valence-corrected chi connectivity index (χ2v) is 6.18. The van der Waals surface area contributed by atoms with Crippen LogP contribution in [0.15, 0.2) is 12.1 Å². The number of alkyl halides is 3. The van der Waals surface area contributed by atoms with Crippen LogP contribution in [-0.4, -0.2) is 56.3 Å². The van der Waals surface area contributed by atoms with Gasteiger partial charge in [-0.3, -0.25) is 10.1 Å². The monoisotopic (exact) mass is 367 g/mol. The number of nitro benzene ring substituents is 1. The van der Waals surface area contributed by atoms with Crippen molar-refractivity contribution in [2.75, 3.05) is 45.2 Å². The highest BCUT2D eigenvalue weighted by Crippen LogP contribution is 2.41. The molecule has 24 heavy (non-hydrogen) atoms. The van der Waals surface area contributed by atoms with Gasteiger partial charge in [-0.15, -0.1) is 0 Å². The summed E-state index contributed by atoms with van der Waals surface area (Å²) >= 11 is 5.72. The maximum Gasteiger partial charge on any atom is 0.418 e. The first-order chi connectivity index (χ1) is 11.1. The van der Waals surface area contributed by atoms with E-state index in [9.17, 15) is 23.3 Å². The number of anilines is 1. The first kappa shape index (κ1) is 18.8. The van der Waals surface area contributed by atoms with E-state index in [1.54, 1.807) is 4.90 Å². The molecule has 1 atom stereocenters. The zero-order valence-corrected chi connectivity index (χ0v) is 13.9. The lowest BCUT2D eigenvalue weighted by atomic mass is 10.1. The van der Waals surface area contributed by atoms with Crippen molar-refractivity contribution in [3.63, 3.8) is 0 Å². The van der Waals surface area contributed by atoms with Gasteiger partial charge in [0, 0.05) is 25.7 Å². The Balaban J connectivity index is 2.38. The summed E-state index contributed by atoms with van der Waals surface area (Å²) in [6.45, 7) is 1.60. The fraction of sp³-hybridized carbons (Fsp3) is 0.571. The first-order valence-electron chi connectivity index (χ1n) is 7.16. The summed E-state index contributed by atoms with van der Waals surface area (Å²) in [7, 11) is 3.72. The molecule has 1 fully saturated rings. The Kier molecular flexibility index (Phi) is 5.56. The molecule has 1 heterocycles. The van der Waals surface area contributed by atoms with E-state index in [1.165, 1.54) is 0 Å². The highest BCUT2D eigenvalue weighted by atomic mass is 35.5. The largest absolute Gasteiger partial charge is 0.418 e. The van der Waals surface area contributed by atoms with E-state index in [0.29, 0.717) is 32.3 Å². The minimum absolute atomic E-state index is 0.0741. The summed E-state index contributed by atoms with van der Waals surface area (Å²) in [5.41, 5.74) is -1.75. The zero-order chi connectivity index (χ0) is 18.1. The van der Waals surface area contributed by atoms with Gasteiger partial charge in [0.15, 0.2) is 0 Å². The molecular formula is C14H17ClF3N3O3. The molecule has 134 valence electrons. The van der Waals surface area contributed by atoms with Crippen molar-refractivity contribution in [3.05, 3.63) is 32.8 Å². The summed E-state index contributed by atoms with van der Waals surface area (Å²) < 4.78 is 44.4. The van der Waals surface area contributed by atoms with Gasteiger partial charge in [0.05, 0.1) is 28.2 Å². The van der Waals surface area contributed by atoms with Gasteiger partial charge in [-0.2, -0.15) is 13.2 Å². The summed E-state index contributed by atoms with van der Waals surface area (Å²) in [6, 6.07) is 1.51. The summed E-state index contributed by atoms with van der Waals surface area (Å²) in [5.74, 6) is 0. The van der Waals surface area contributed by atoms with Gasteiger partial charge in [-0.1, -0.05) is 11.6 Å². The third-order valence-electron chi connectivity index (χ3n) is 3.61. The number of nitrogens with zero attached hydrogens (tertiary/aromatic N) is 3. The van der Waals surface area contributed by atoms with Crippen molar-refractivity contribution in [2.24, 2.45) is 0 Å². The van der Waals surface area contributed by atoms with Crippen LogP contribution in [0.4, 0.5) is 24.5 Å². The third-order valence-corrected chi connectivity index (χ3v) is 3.93. The number of nitro groups is 1. The van der Waals surface area contributed by atoms with E-state index in [2.05, 4.69) is 0 Å². The highest BCUT2D eigenvalue weighted by molar-refractivity contribution is 6.31. The maximum atomic E-state index is 12.9. The van der Waals surface area contributed by atoms with Crippen LogP contribution in [0.2, 0.25) is 5.02 Å². The molecule has 0 spiro atoms. The number of hydrogen-bond acceptors (Lipinski definition) is 5. The lowest BCUT2D eigenvalue weighted by Gasteiger charge is -2.35. The first-order valence-corrected chi connectivity index (χ1v) is 7.53. The average Bonchev–Trinajstić information content (AvgIpc) is 2.44. The molecule has 1 unspecified atom stereocenters. The number of morpholine rings is 1. The molecule has 0 aromatic heterocycles. The molecule has 1 aromatic carbocycles. The Hall–Kier alpha value is -1.58. The topological polar surface area (TPSA) is 58.9 Å². The minimum Gasteiger partial charge on any atom is -0.373 e. The lowest BCUT2D eigenvalue weighted by molar-refractivity contribution is -0.384. The Morgan fingerprint density at radius 3 is 2.67 bits per heavy atom. The van der Waals surface area contributed by atoms with Gasteiger partial charge in [0.25, 0.3) is 5.69 Å². The van der Waals surface area contributed by atoms with Crippen molar-refractivity contribution >= 4 is 23.0 Å². The predicted octanol–water partition coefficient (Wildman–Crippen LogP) is 3.03. The van der Waals surface area contributed by atoms with E-state index in [-0.39, 0.29) is 11.8 Å². The Morgan fingerprint density at radius 1 is 1.46 bits per heavy atom. The van der Waals surface area contributed by atoms with E-state index in [0.717, 1.165) is 6.07 Å². The van der Waals surface area contributed by atoms with Crippen LogP contribution in [0.5, 0.6) is 0 Å². The standard InChI is InChI=1S/C14H17ClF3N3O3/c1-19(2)7-9-8-20(3-4-24-9)12-6-11(15)10(14(16,17)18)5-13(12)21(22)23/h5-6,9H,3-4,7-8H2,1-2H3. The molecule has 1 aliphatic rings. The van der Waals surface area contributed by atoms with Crippen LogP contribution in [0.3, 0.4) is 0 Å². The Labute approximate surface area is 141 Å². The molecule has 0 amide bonds. The summed E-state index contributed by atoms with van der Waals surface area (Å²) in [4.78, 5) is 14.0. The fourth-order valence-corrected chi connectivity index (χ4v) is 2.89. The molecule has 1 aromatic rings. The molecular weight excluding hydrogens is 351 g/mol. The predicted molar refractivity (Wildman–Crippen MR) is 83.6 cm³/mol. The SMILES string of the molecule is CN(C)CC1CN(c2cc(Cl)c(C(F)(F)F)cc2[N+](=O)[O-])CCO1.